The van der Waals surface area contributed by atoms with Crippen molar-refractivity contribution in [3.63, 3.8) is 0 Å². The third-order valence-electron chi connectivity index (χ3n) is 1.56. The van der Waals surface area contributed by atoms with Gasteiger partial charge in [-0.2, -0.15) is 0 Å². The average molecular weight is 214 g/mol. The summed E-state index contributed by atoms with van der Waals surface area (Å²) in [4.78, 5) is 4.63. The van der Waals surface area contributed by atoms with E-state index in [0.29, 0.717) is 10.7 Å². The van der Waals surface area contributed by atoms with Crippen molar-refractivity contribution in [3.8, 4) is 0 Å². The predicted octanol–water partition coefficient (Wildman–Crippen LogP) is 3.17. The number of alkyl halides is 1. The maximum Gasteiger partial charge on any atom is 0.0590 e. The molecule has 0 saturated carbocycles. The van der Waals surface area contributed by atoms with E-state index in [-0.39, 0.29) is 0 Å². The SMILES string of the molecule is CC(C)[C@@H](Br)c1ccccn1. The molecular weight excluding hydrogens is 202 g/mol. The van der Waals surface area contributed by atoms with Crippen molar-refractivity contribution >= 4 is 15.9 Å². The first-order valence-electron chi connectivity index (χ1n) is 3.77. The number of hydrogen-bond donors (Lipinski definition) is 0. The van der Waals surface area contributed by atoms with Gasteiger partial charge >= 0.3 is 0 Å². The van der Waals surface area contributed by atoms with Crippen molar-refractivity contribution in [2.45, 2.75) is 18.7 Å². The van der Waals surface area contributed by atoms with Gasteiger partial charge in [0.1, 0.15) is 0 Å². The quantitative estimate of drug-likeness (QED) is 0.689. The van der Waals surface area contributed by atoms with Gasteiger partial charge in [-0.05, 0) is 18.1 Å². The minimum atomic E-state index is 0.378. The number of pyridine rings is 1. The lowest BCUT2D eigenvalue weighted by Gasteiger charge is -2.11. The van der Waals surface area contributed by atoms with Crippen molar-refractivity contribution in [3.05, 3.63) is 30.1 Å². The Bertz CT molecular complexity index is 208. The lowest BCUT2D eigenvalue weighted by Crippen LogP contribution is -2.00. The van der Waals surface area contributed by atoms with E-state index in [1.807, 2.05) is 24.4 Å². The van der Waals surface area contributed by atoms with Crippen LogP contribution in [0.5, 0.6) is 0 Å². The molecule has 0 saturated heterocycles. The highest BCUT2D eigenvalue weighted by Crippen LogP contribution is 2.28. The molecule has 1 heterocycles. The lowest BCUT2D eigenvalue weighted by atomic mass is 10.1. The summed E-state index contributed by atoms with van der Waals surface area (Å²) in [6.07, 6.45) is 1.83. The van der Waals surface area contributed by atoms with E-state index in [2.05, 4.69) is 34.8 Å². The molecule has 1 aromatic heterocycles. The van der Waals surface area contributed by atoms with Gasteiger partial charge in [-0.3, -0.25) is 4.98 Å². The van der Waals surface area contributed by atoms with Crippen LogP contribution in [0.2, 0.25) is 0 Å². The molecule has 0 amide bonds. The van der Waals surface area contributed by atoms with Crippen molar-refractivity contribution in [2.75, 3.05) is 0 Å². The van der Waals surface area contributed by atoms with Gasteiger partial charge < -0.3 is 0 Å². The molecule has 1 rings (SSSR count). The topological polar surface area (TPSA) is 12.9 Å². The molecule has 0 unspecified atom stereocenters. The molecule has 2 heteroatoms. The fraction of sp³-hybridized carbons (Fsp3) is 0.444. The number of hydrogen-bond acceptors (Lipinski definition) is 1. The summed E-state index contributed by atoms with van der Waals surface area (Å²) < 4.78 is 0. The van der Waals surface area contributed by atoms with Gasteiger partial charge in [0, 0.05) is 6.20 Å². The Labute approximate surface area is 76.0 Å². The van der Waals surface area contributed by atoms with Crippen LogP contribution in [0.3, 0.4) is 0 Å². The van der Waals surface area contributed by atoms with Crippen LogP contribution in [-0.2, 0) is 0 Å². The zero-order chi connectivity index (χ0) is 8.27. The van der Waals surface area contributed by atoms with E-state index in [9.17, 15) is 0 Å². The van der Waals surface area contributed by atoms with Crippen molar-refractivity contribution in [1.29, 1.82) is 0 Å². The van der Waals surface area contributed by atoms with Crippen LogP contribution in [0, 0.1) is 5.92 Å². The van der Waals surface area contributed by atoms with E-state index in [4.69, 9.17) is 0 Å². The average Bonchev–Trinajstić information content (AvgIpc) is 2.05. The van der Waals surface area contributed by atoms with Gasteiger partial charge in [0.05, 0.1) is 10.5 Å². The molecule has 0 N–H and O–H groups in total. The normalized spacial score (nSPS) is 13.5. The fourth-order valence-electron chi connectivity index (χ4n) is 0.881. The smallest absolute Gasteiger partial charge is 0.0590 e. The first-order valence-corrected chi connectivity index (χ1v) is 4.68. The molecule has 0 spiro atoms. The molecule has 0 radical (unpaired) electrons. The molecule has 1 atom stereocenters. The Balaban J connectivity index is 2.77. The van der Waals surface area contributed by atoms with Crippen LogP contribution in [0.1, 0.15) is 24.4 Å². The Kier molecular flexibility index (Phi) is 3.06. The van der Waals surface area contributed by atoms with E-state index in [1.54, 1.807) is 0 Å². The predicted molar refractivity (Wildman–Crippen MR) is 50.7 cm³/mol. The molecule has 0 aliphatic rings. The van der Waals surface area contributed by atoms with E-state index in [1.165, 1.54) is 0 Å². The third-order valence-corrected chi connectivity index (χ3v) is 3.08. The van der Waals surface area contributed by atoms with E-state index < -0.39 is 0 Å². The Morgan fingerprint density at radius 2 is 2.09 bits per heavy atom. The summed E-state index contributed by atoms with van der Waals surface area (Å²) in [6, 6.07) is 5.99. The molecule has 0 fully saturated rings. The van der Waals surface area contributed by atoms with Crippen LogP contribution < -0.4 is 0 Å². The Hall–Kier alpha value is -0.370. The van der Waals surface area contributed by atoms with Crippen LogP contribution in [-0.4, -0.2) is 4.98 Å². The Morgan fingerprint density at radius 3 is 2.55 bits per heavy atom. The highest BCUT2D eigenvalue weighted by molar-refractivity contribution is 9.09. The van der Waals surface area contributed by atoms with Gasteiger partial charge in [0.2, 0.25) is 0 Å². The van der Waals surface area contributed by atoms with Crippen LogP contribution in [0.25, 0.3) is 0 Å². The van der Waals surface area contributed by atoms with E-state index >= 15 is 0 Å². The Morgan fingerprint density at radius 1 is 1.36 bits per heavy atom. The molecule has 11 heavy (non-hydrogen) atoms. The van der Waals surface area contributed by atoms with Crippen LogP contribution in [0.4, 0.5) is 0 Å². The van der Waals surface area contributed by atoms with Gasteiger partial charge in [0.15, 0.2) is 0 Å². The van der Waals surface area contributed by atoms with Crippen molar-refractivity contribution < 1.29 is 0 Å². The van der Waals surface area contributed by atoms with Crippen LogP contribution >= 0.6 is 15.9 Å². The number of halogens is 1. The maximum atomic E-state index is 4.25. The summed E-state index contributed by atoms with van der Waals surface area (Å²) in [6.45, 7) is 4.35. The molecule has 60 valence electrons. The zero-order valence-electron chi connectivity index (χ0n) is 6.79. The summed E-state index contributed by atoms with van der Waals surface area (Å²) in [5.41, 5.74) is 1.11. The molecule has 0 aromatic carbocycles. The molecule has 0 bridgehead atoms. The van der Waals surface area contributed by atoms with Gasteiger partial charge in [0.25, 0.3) is 0 Å². The number of nitrogens with zero attached hydrogens (tertiary/aromatic N) is 1. The minimum absolute atomic E-state index is 0.378. The van der Waals surface area contributed by atoms with Gasteiger partial charge in [-0.15, -0.1) is 0 Å². The molecule has 1 aromatic rings. The van der Waals surface area contributed by atoms with Crippen molar-refractivity contribution in [2.24, 2.45) is 5.92 Å². The second kappa shape index (κ2) is 3.86. The second-order valence-electron chi connectivity index (χ2n) is 2.90. The largest absolute Gasteiger partial charge is 0.260 e. The van der Waals surface area contributed by atoms with E-state index in [0.717, 1.165) is 5.69 Å². The minimum Gasteiger partial charge on any atom is -0.260 e. The third kappa shape index (κ3) is 2.29. The molecular formula is C9H12BrN. The molecule has 0 aliphatic heterocycles. The number of rotatable bonds is 2. The fourth-order valence-corrected chi connectivity index (χ4v) is 1.15. The monoisotopic (exact) mass is 213 g/mol. The summed E-state index contributed by atoms with van der Waals surface area (Å²) in [5.74, 6) is 0.588. The maximum absolute atomic E-state index is 4.25. The molecule has 0 aliphatic carbocycles. The summed E-state index contributed by atoms with van der Waals surface area (Å²) >= 11 is 3.59. The second-order valence-corrected chi connectivity index (χ2v) is 3.89. The highest BCUT2D eigenvalue weighted by atomic mass is 79.9. The van der Waals surface area contributed by atoms with Crippen LogP contribution in [0.15, 0.2) is 24.4 Å². The summed E-state index contributed by atoms with van der Waals surface area (Å²) in [5, 5.41) is 0. The summed E-state index contributed by atoms with van der Waals surface area (Å²) in [7, 11) is 0. The molecule has 1 nitrogen and oxygen atoms in total. The standard InChI is InChI=1S/C9H12BrN/c1-7(2)9(10)8-5-3-4-6-11-8/h3-7,9H,1-2H3/t9-/m1/s1. The lowest BCUT2D eigenvalue weighted by molar-refractivity contribution is 0.629. The van der Waals surface area contributed by atoms with Gasteiger partial charge in [-0.1, -0.05) is 35.8 Å². The highest BCUT2D eigenvalue weighted by Gasteiger charge is 2.11. The van der Waals surface area contributed by atoms with Gasteiger partial charge in [-0.25, -0.2) is 0 Å². The number of aromatic nitrogens is 1. The van der Waals surface area contributed by atoms with Crippen molar-refractivity contribution in [1.82, 2.24) is 4.98 Å². The first kappa shape index (κ1) is 8.72. The first-order chi connectivity index (χ1) is 5.22. The zero-order valence-corrected chi connectivity index (χ0v) is 8.38.